The normalized spacial score (nSPS) is 16.5. The van der Waals surface area contributed by atoms with E-state index >= 15 is 0 Å². The second-order valence-electron chi connectivity index (χ2n) is 2.82. The van der Waals surface area contributed by atoms with Crippen molar-refractivity contribution in [1.29, 1.82) is 0 Å². The summed E-state index contributed by atoms with van der Waals surface area (Å²) in [6.45, 7) is 2.78. The molecule has 0 fully saturated rings. The fraction of sp³-hybridized carbons (Fsp3) is 1.00. The summed E-state index contributed by atoms with van der Waals surface area (Å²) in [4.78, 5) is 9.23. The van der Waals surface area contributed by atoms with Crippen LogP contribution in [0.1, 0.15) is 13.8 Å². The predicted octanol–water partition coefficient (Wildman–Crippen LogP) is -0.359. The standard InChI is InChI=1S/C6H13NO4/c1-4(2)6(9)5(8)3-7(10)11/h4-6,8-9H,3H2,1-2H3/t5-,6+/m0/s1. The molecule has 66 valence electrons. The van der Waals surface area contributed by atoms with Crippen LogP contribution in [0.5, 0.6) is 0 Å². The molecule has 0 aliphatic rings. The van der Waals surface area contributed by atoms with Crippen LogP contribution in [0.2, 0.25) is 0 Å². The molecular weight excluding hydrogens is 150 g/mol. The molecule has 0 aliphatic carbocycles. The predicted molar refractivity (Wildman–Crippen MR) is 38.7 cm³/mol. The Labute approximate surface area is 64.8 Å². The molecule has 2 atom stereocenters. The van der Waals surface area contributed by atoms with E-state index in [1.54, 1.807) is 13.8 Å². The average molecular weight is 163 g/mol. The van der Waals surface area contributed by atoms with Gasteiger partial charge in [-0.1, -0.05) is 13.8 Å². The quantitative estimate of drug-likeness (QED) is 0.438. The first-order chi connectivity index (χ1) is 4.95. The second-order valence-corrected chi connectivity index (χ2v) is 2.82. The van der Waals surface area contributed by atoms with Crippen LogP contribution >= 0.6 is 0 Å². The third kappa shape index (κ3) is 3.90. The average Bonchev–Trinajstić information content (AvgIpc) is 1.84. The van der Waals surface area contributed by atoms with Crippen LogP contribution in [0.15, 0.2) is 0 Å². The number of aliphatic hydroxyl groups excluding tert-OH is 2. The van der Waals surface area contributed by atoms with Gasteiger partial charge in [0, 0.05) is 4.92 Å². The molecule has 11 heavy (non-hydrogen) atoms. The van der Waals surface area contributed by atoms with Gasteiger partial charge in [0.05, 0.1) is 6.10 Å². The third-order valence-corrected chi connectivity index (χ3v) is 1.41. The summed E-state index contributed by atoms with van der Waals surface area (Å²) in [7, 11) is 0. The maximum atomic E-state index is 9.87. The van der Waals surface area contributed by atoms with Crippen molar-refractivity contribution in [3.63, 3.8) is 0 Å². The monoisotopic (exact) mass is 163 g/mol. The Balaban J connectivity index is 3.82. The maximum Gasteiger partial charge on any atom is 0.231 e. The summed E-state index contributed by atoms with van der Waals surface area (Å²) in [6, 6.07) is 0. The molecule has 0 aromatic carbocycles. The zero-order valence-corrected chi connectivity index (χ0v) is 6.60. The van der Waals surface area contributed by atoms with E-state index in [1.807, 2.05) is 0 Å². The first-order valence-corrected chi connectivity index (χ1v) is 3.43. The van der Waals surface area contributed by atoms with Crippen molar-refractivity contribution in [3.8, 4) is 0 Å². The van der Waals surface area contributed by atoms with Gasteiger partial charge in [-0.25, -0.2) is 0 Å². The smallest absolute Gasteiger partial charge is 0.231 e. The number of nitro groups is 1. The minimum Gasteiger partial charge on any atom is -0.390 e. The van der Waals surface area contributed by atoms with E-state index in [9.17, 15) is 10.1 Å². The Bertz CT molecular complexity index is 137. The molecule has 0 saturated heterocycles. The Morgan fingerprint density at radius 1 is 1.45 bits per heavy atom. The highest BCUT2D eigenvalue weighted by atomic mass is 16.6. The Kier molecular flexibility index (Phi) is 3.99. The molecule has 0 amide bonds. The molecule has 0 spiro atoms. The third-order valence-electron chi connectivity index (χ3n) is 1.41. The van der Waals surface area contributed by atoms with Crippen molar-refractivity contribution in [2.75, 3.05) is 6.54 Å². The van der Waals surface area contributed by atoms with E-state index in [0.717, 1.165) is 0 Å². The van der Waals surface area contributed by atoms with Gasteiger partial charge in [-0.2, -0.15) is 0 Å². The van der Waals surface area contributed by atoms with E-state index in [0.29, 0.717) is 0 Å². The molecule has 0 aliphatic heterocycles. The van der Waals surface area contributed by atoms with Crippen molar-refractivity contribution in [2.45, 2.75) is 26.1 Å². The van der Waals surface area contributed by atoms with Crippen molar-refractivity contribution < 1.29 is 15.1 Å². The van der Waals surface area contributed by atoms with Gasteiger partial charge in [0.15, 0.2) is 0 Å². The highest BCUT2D eigenvalue weighted by Gasteiger charge is 2.23. The Morgan fingerprint density at radius 2 is 1.91 bits per heavy atom. The van der Waals surface area contributed by atoms with Crippen LogP contribution in [0.3, 0.4) is 0 Å². The topological polar surface area (TPSA) is 83.6 Å². The Hall–Kier alpha value is -0.680. The van der Waals surface area contributed by atoms with Gasteiger partial charge in [-0.15, -0.1) is 0 Å². The number of rotatable bonds is 4. The number of hydrogen-bond donors (Lipinski definition) is 2. The largest absolute Gasteiger partial charge is 0.390 e. The van der Waals surface area contributed by atoms with Gasteiger partial charge in [0.2, 0.25) is 6.54 Å². The van der Waals surface area contributed by atoms with Crippen LogP contribution < -0.4 is 0 Å². The summed E-state index contributed by atoms with van der Waals surface area (Å²) in [6.07, 6.45) is -2.27. The van der Waals surface area contributed by atoms with Gasteiger partial charge >= 0.3 is 0 Å². The number of nitrogens with zero attached hydrogens (tertiary/aromatic N) is 1. The highest BCUT2D eigenvalue weighted by Crippen LogP contribution is 2.05. The molecular formula is C6H13NO4. The van der Waals surface area contributed by atoms with Crippen molar-refractivity contribution in [1.82, 2.24) is 0 Å². The van der Waals surface area contributed by atoms with E-state index in [4.69, 9.17) is 10.2 Å². The van der Waals surface area contributed by atoms with Crippen LogP contribution in [0.4, 0.5) is 0 Å². The van der Waals surface area contributed by atoms with Gasteiger partial charge in [0.1, 0.15) is 6.10 Å². The van der Waals surface area contributed by atoms with Crippen LogP contribution in [-0.4, -0.2) is 33.9 Å². The molecule has 0 aromatic heterocycles. The van der Waals surface area contributed by atoms with E-state index in [1.165, 1.54) is 0 Å². The molecule has 0 aromatic rings. The van der Waals surface area contributed by atoms with Crippen LogP contribution in [0.25, 0.3) is 0 Å². The molecule has 0 unspecified atom stereocenters. The molecule has 2 N–H and O–H groups in total. The molecule has 0 bridgehead atoms. The number of aliphatic hydroxyl groups is 2. The molecule has 5 nitrogen and oxygen atoms in total. The Morgan fingerprint density at radius 3 is 2.18 bits per heavy atom. The van der Waals surface area contributed by atoms with Gasteiger partial charge in [0.25, 0.3) is 0 Å². The van der Waals surface area contributed by atoms with Gasteiger partial charge in [-0.3, -0.25) is 10.1 Å². The van der Waals surface area contributed by atoms with E-state index in [-0.39, 0.29) is 5.92 Å². The lowest BCUT2D eigenvalue weighted by Crippen LogP contribution is -2.36. The summed E-state index contributed by atoms with van der Waals surface area (Å²) in [5, 5.41) is 27.9. The zero-order chi connectivity index (χ0) is 9.02. The highest BCUT2D eigenvalue weighted by molar-refractivity contribution is 4.68. The lowest BCUT2D eigenvalue weighted by molar-refractivity contribution is -0.493. The lowest BCUT2D eigenvalue weighted by Gasteiger charge is -2.17. The molecule has 0 rings (SSSR count). The second kappa shape index (κ2) is 4.25. The number of hydrogen-bond acceptors (Lipinski definition) is 4. The minimum absolute atomic E-state index is 0.162. The molecule has 5 heteroatoms. The summed E-state index contributed by atoms with van der Waals surface area (Å²) < 4.78 is 0. The molecule has 0 saturated carbocycles. The van der Waals surface area contributed by atoms with Crippen molar-refractivity contribution in [3.05, 3.63) is 10.1 Å². The summed E-state index contributed by atoms with van der Waals surface area (Å²) >= 11 is 0. The van der Waals surface area contributed by atoms with E-state index < -0.39 is 23.7 Å². The summed E-state index contributed by atoms with van der Waals surface area (Å²) in [5.74, 6) is -0.162. The first-order valence-electron chi connectivity index (χ1n) is 3.43. The van der Waals surface area contributed by atoms with Crippen LogP contribution in [0, 0.1) is 16.0 Å². The van der Waals surface area contributed by atoms with Crippen LogP contribution in [-0.2, 0) is 0 Å². The van der Waals surface area contributed by atoms with E-state index in [2.05, 4.69) is 0 Å². The molecule has 0 heterocycles. The van der Waals surface area contributed by atoms with Crippen molar-refractivity contribution in [2.24, 2.45) is 5.92 Å². The zero-order valence-electron chi connectivity index (χ0n) is 6.60. The SMILES string of the molecule is CC(C)[C@@H](O)[C@@H](O)C[N+](=O)[O-]. The first kappa shape index (κ1) is 10.3. The lowest BCUT2D eigenvalue weighted by atomic mass is 10.0. The van der Waals surface area contributed by atoms with Gasteiger partial charge < -0.3 is 10.2 Å². The molecule has 0 radical (unpaired) electrons. The van der Waals surface area contributed by atoms with Crippen molar-refractivity contribution >= 4 is 0 Å². The minimum atomic E-state index is -1.26. The summed E-state index contributed by atoms with van der Waals surface area (Å²) in [5.41, 5.74) is 0. The van der Waals surface area contributed by atoms with Gasteiger partial charge in [-0.05, 0) is 5.92 Å². The fourth-order valence-corrected chi connectivity index (χ4v) is 0.705. The maximum absolute atomic E-state index is 9.87. The fourth-order valence-electron chi connectivity index (χ4n) is 0.705.